The number of benzene rings is 1. The Labute approximate surface area is 96.1 Å². The molecule has 16 heavy (non-hydrogen) atoms. The van der Waals surface area contributed by atoms with Gasteiger partial charge in [-0.3, -0.25) is 0 Å². The molecule has 0 aliphatic carbocycles. The van der Waals surface area contributed by atoms with Crippen molar-refractivity contribution in [3.63, 3.8) is 0 Å². The van der Waals surface area contributed by atoms with E-state index < -0.39 is 35.8 Å². The van der Waals surface area contributed by atoms with Gasteiger partial charge in [-0.1, -0.05) is 0 Å². The Kier molecular flexibility index (Phi) is 5.13. The molecule has 7 heteroatoms. The third kappa shape index (κ3) is 2.80. The summed E-state index contributed by atoms with van der Waals surface area (Å²) >= 11 is 0. The maximum atomic E-state index is 12.9. The molecule has 0 fully saturated rings. The molecule has 0 amide bonds. The summed E-state index contributed by atoms with van der Waals surface area (Å²) in [6, 6.07) is 0.219. The number of nitrogens with two attached hydrogens (primary N) is 1. The minimum atomic E-state index is -1.50. The van der Waals surface area contributed by atoms with Crippen LogP contribution in [0.25, 0.3) is 0 Å². The van der Waals surface area contributed by atoms with Crippen LogP contribution in [0, 0.1) is 5.82 Å². The lowest BCUT2D eigenvalue weighted by Gasteiger charge is -2.11. The molecular weight excluding hydrogens is 244 g/mol. The Morgan fingerprint density at radius 2 is 2.06 bits per heavy atom. The molecular formula is C9H10ClF2NO3. The van der Waals surface area contributed by atoms with E-state index in [0.29, 0.717) is 6.07 Å². The van der Waals surface area contributed by atoms with Crippen molar-refractivity contribution in [1.82, 2.24) is 0 Å². The third-order valence-electron chi connectivity index (χ3n) is 1.90. The van der Waals surface area contributed by atoms with Crippen LogP contribution in [0.5, 0.6) is 5.75 Å². The third-order valence-corrected chi connectivity index (χ3v) is 1.90. The molecule has 1 aromatic carbocycles. The standard InChI is InChI=1S/C9H9F2NO3.ClH/c10-3-7(12)5-1-4(11)2-6(8(5)13)9(14)15;/h1-2,7,13H,3,12H2,(H,14,15);1H/t7-;/m1./s1. The molecule has 90 valence electrons. The van der Waals surface area contributed by atoms with Gasteiger partial charge in [0, 0.05) is 5.56 Å². The lowest BCUT2D eigenvalue weighted by atomic mass is 10.0. The first-order chi connectivity index (χ1) is 6.97. The predicted molar refractivity (Wildman–Crippen MR) is 55.2 cm³/mol. The Morgan fingerprint density at radius 1 is 1.50 bits per heavy atom. The summed E-state index contributed by atoms with van der Waals surface area (Å²) < 4.78 is 25.1. The zero-order valence-corrected chi connectivity index (χ0v) is 8.80. The summed E-state index contributed by atoms with van der Waals surface area (Å²) in [7, 11) is 0. The molecule has 0 spiro atoms. The molecule has 0 aromatic heterocycles. The second kappa shape index (κ2) is 5.62. The molecule has 0 bridgehead atoms. The van der Waals surface area contributed by atoms with E-state index in [2.05, 4.69) is 0 Å². The first-order valence-electron chi connectivity index (χ1n) is 4.04. The second-order valence-electron chi connectivity index (χ2n) is 2.96. The molecule has 0 heterocycles. The van der Waals surface area contributed by atoms with Crippen LogP contribution in [0.4, 0.5) is 8.78 Å². The largest absolute Gasteiger partial charge is 0.507 e. The fraction of sp³-hybridized carbons (Fsp3) is 0.222. The van der Waals surface area contributed by atoms with Gasteiger partial charge in [0.15, 0.2) is 0 Å². The highest BCUT2D eigenvalue weighted by atomic mass is 35.5. The first kappa shape index (κ1) is 14.6. The molecule has 0 saturated heterocycles. The molecule has 4 N–H and O–H groups in total. The monoisotopic (exact) mass is 253 g/mol. The van der Waals surface area contributed by atoms with E-state index in [4.69, 9.17) is 10.8 Å². The Balaban J connectivity index is 0.00000225. The predicted octanol–water partition coefficient (Wildman–Crippen LogP) is 1.62. The Bertz CT molecular complexity index is 401. The van der Waals surface area contributed by atoms with Gasteiger partial charge >= 0.3 is 5.97 Å². The highest BCUT2D eigenvalue weighted by molar-refractivity contribution is 5.91. The zero-order chi connectivity index (χ0) is 11.6. The fourth-order valence-corrected chi connectivity index (χ4v) is 1.15. The van der Waals surface area contributed by atoms with E-state index in [0.717, 1.165) is 6.07 Å². The van der Waals surface area contributed by atoms with Crippen molar-refractivity contribution in [3.8, 4) is 5.75 Å². The minimum absolute atomic E-state index is 0. The minimum Gasteiger partial charge on any atom is -0.507 e. The van der Waals surface area contributed by atoms with Crippen LogP contribution in [0.1, 0.15) is 22.0 Å². The highest BCUT2D eigenvalue weighted by Crippen LogP contribution is 2.28. The van der Waals surface area contributed by atoms with E-state index in [9.17, 15) is 18.7 Å². The van der Waals surface area contributed by atoms with Crippen LogP contribution >= 0.6 is 12.4 Å². The molecule has 0 radical (unpaired) electrons. The lowest BCUT2D eigenvalue weighted by molar-refractivity contribution is 0.0693. The Morgan fingerprint density at radius 3 is 2.50 bits per heavy atom. The number of aromatic carboxylic acids is 1. The summed E-state index contributed by atoms with van der Waals surface area (Å²) in [5, 5.41) is 18.0. The van der Waals surface area contributed by atoms with Gasteiger partial charge in [-0.05, 0) is 12.1 Å². The lowest BCUT2D eigenvalue weighted by Crippen LogP contribution is -2.14. The van der Waals surface area contributed by atoms with Gasteiger partial charge in [-0.25, -0.2) is 13.6 Å². The van der Waals surface area contributed by atoms with Crippen molar-refractivity contribution >= 4 is 18.4 Å². The van der Waals surface area contributed by atoms with E-state index in [1.165, 1.54) is 0 Å². The number of phenols is 1. The highest BCUT2D eigenvalue weighted by Gasteiger charge is 2.19. The number of aromatic hydroxyl groups is 1. The SMILES string of the molecule is Cl.N[C@H](CF)c1cc(F)cc(C(=O)O)c1O. The van der Waals surface area contributed by atoms with Crippen molar-refractivity contribution in [3.05, 3.63) is 29.1 Å². The summed E-state index contributed by atoms with van der Waals surface area (Å²) in [4.78, 5) is 10.6. The van der Waals surface area contributed by atoms with Crippen LogP contribution in [0.3, 0.4) is 0 Å². The van der Waals surface area contributed by atoms with Crippen LogP contribution in [-0.4, -0.2) is 22.9 Å². The smallest absolute Gasteiger partial charge is 0.339 e. The molecule has 1 aromatic rings. The summed E-state index contributed by atoms with van der Waals surface area (Å²) in [6.07, 6.45) is 0. The number of halogens is 3. The van der Waals surface area contributed by atoms with Crippen molar-refractivity contribution < 1.29 is 23.8 Å². The van der Waals surface area contributed by atoms with Gasteiger partial charge in [0.25, 0.3) is 0 Å². The van der Waals surface area contributed by atoms with Crippen LogP contribution in [0.2, 0.25) is 0 Å². The summed E-state index contributed by atoms with van der Waals surface area (Å²) in [5.41, 5.74) is 4.35. The van der Waals surface area contributed by atoms with Crippen LogP contribution in [0.15, 0.2) is 12.1 Å². The molecule has 1 atom stereocenters. The molecule has 0 saturated carbocycles. The number of hydrogen-bond donors (Lipinski definition) is 3. The maximum absolute atomic E-state index is 12.9. The molecule has 0 unspecified atom stereocenters. The zero-order valence-electron chi connectivity index (χ0n) is 7.98. The van der Waals surface area contributed by atoms with Crippen molar-refractivity contribution in [1.29, 1.82) is 0 Å². The number of carboxylic acids is 1. The van der Waals surface area contributed by atoms with Crippen molar-refractivity contribution in [2.45, 2.75) is 6.04 Å². The number of carboxylic acid groups (broad SMARTS) is 1. The normalized spacial score (nSPS) is 11.7. The molecule has 4 nitrogen and oxygen atoms in total. The van der Waals surface area contributed by atoms with Gasteiger partial charge in [0.05, 0.1) is 6.04 Å². The first-order valence-corrected chi connectivity index (χ1v) is 4.04. The maximum Gasteiger partial charge on any atom is 0.339 e. The molecule has 0 aliphatic rings. The summed E-state index contributed by atoms with van der Waals surface area (Å²) in [5.74, 6) is -3.09. The van der Waals surface area contributed by atoms with E-state index in [-0.39, 0.29) is 18.0 Å². The van der Waals surface area contributed by atoms with E-state index >= 15 is 0 Å². The van der Waals surface area contributed by atoms with Crippen LogP contribution < -0.4 is 5.73 Å². The van der Waals surface area contributed by atoms with Gasteiger partial charge in [0.2, 0.25) is 0 Å². The number of hydrogen-bond acceptors (Lipinski definition) is 3. The number of alkyl halides is 1. The molecule has 1 rings (SSSR count). The molecule has 0 aliphatic heterocycles. The number of carbonyl (C=O) groups is 1. The van der Waals surface area contributed by atoms with E-state index in [1.807, 2.05) is 0 Å². The average molecular weight is 254 g/mol. The topological polar surface area (TPSA) is 83.6 Å². The van der Waals surface area contributed by atoms with Crippen molar-refractivity contribution in [2.75, 3.05) is 6.67 Å². The number of rotatable bonds is 3. The van der Waals surface area contributed by atoms with Crippen LogP contribution in [-0.2, 0) is 0 Å². The van der Waals surface area contributed by atoms with Gasteiger partial charge in [0.1, 0.15) is 23.8 Å². The second-order valence-corrected chi connectivity index (χ2v) is 2.96. The van der Waals surface area contributed by atoms with Gasteiger partial charge in [-0.15, -0.1) is 12.4 Å². The van der Waals surface area contributed by atoms with Gasteiger partial charge in [-0.2, -0.15) is 0 Å². The summed E-state index contributed by atoms with van der Waals surface area (Å²) in [6.45, 7) is -1.02. The Hall–Kier alpha value is -1.40. The average Bonchev–Trinajstić information content (AvgIpc) is 2.19. The fourth-order valence-electron chi connectivity index (χ4n) is 1.15. The van der Waals surface area contributed by atoms with Gasteiger partial charge < -0.3 is 15.9 Å². The quantitative estimate of drug-likeness (QED) is 0.764. The van der Waals surface area contributed by atoms with E-state index in [1.54, 1.807) is 0 Å². The van der Waals surface area contributed by atoms with Crippen molar-refractivity contribution in [2.24, 2.45) is 5.73 Å².